The lowest BCUT2D eigenvalue weighted by atomic mass is 9.60. The molecule has 20 heavy (non-hydrogen) atoms. The van der Waals surface area contributed by atoms with Crippen LogP contribution in [-0.4, -0.2) is 25.4 Å². The molecule has 2 rings (SSSR count). The van der Waals surface area contributed by atoms with E-state index < -0.39 is 0 Å². The van der Waals surface area contributed by atoms with Crippen molar-refractivity contribution < 1.29 is 9.84 Å². The van der Waals surface area contributed by atoms with E-state index in [9.17, 15) is 0 Å². The van der Waals surface area contributed by atoms with Crippen LogP contribution >= 0.6 is 0 Å². The van der Waals surface area contributed by atoms with E-state index in [4.69, 9.17) is 9.84 Å². The Balaban J connectivity index is 1.88. The minimum absolute atomic E-state index is 0.301. The van der Waals surface area contributed by atoms with Gasteiger partial charge in [-0.3, -0.25) is 0 Å². The number of aliphatic hydroxyl groups excluding tert-OH is 1. The number of aliphatic hydroxyl groups is 1. The molecule has 3 nitrogen and oxygen atoms in total. The van der Waals surface area contributed by atoms with Gasteiger partial charge in [-0.05, 0) is 36.7 Å². The highest BCUT2D eigenvalue weighted by Crippen LogP contribution is 2.47. The summed E-state index contributed by atoms with van der Waals surface area (Å²) in [7, 11) is 1.72. The molecule has 1 aromatic carbocycles. The first kappa shape index (κ1) is 15.3. The van der Waals surface area contributed by atoms with Crippen molar-refractivity contribution in [2.45, 2.75) is 39.2 Å². The predicted molar refractivity (Wildman–Crippen MR) is 81.9 cm³/mol. The van der Waals surface area contributed by atoms with Gasteiger partial charge in [0.15, 0.2) is 0 Å². The number of para-hydroxylation sites is 1. The highest BCUT2D eigenvalue weighted by molar-refractivity contribution is 5.32. The Morgan fingerprint density at radius 1 is 1.35 bits per heavy atom. The Bertz CT molecular complexity index is 415. The van der Waals surface area contributed by atoms with Crippen LogP contribution in [0, 0.1) is 11.3 Å². The largest absolute Gasteiger partial charge is 0.496 e. The third kappa shape index (κ3) is 3.33. The van der Waals surface area contributed by atoms with Crippen molar-refractivity contribution >= 4 is 0 Å². The van der Waals surface area contributed by atoms with Gasteiger partial charge in [-0.25, -0.2) is 0 Å². The third-order valence-corrected chi connectivity index (χ3v) is 4.94. The molecule has 3 heteroatoms. The van der Waals surface area contributed by atoms with E-state index in [1.165, 1.54) is 24.8 Å². The molecule has 0 unspecified atom stereocenters. The first-order valence-electron chi connectivity index (χ1n) is 7.65. The molecule has 112 valence electrons. The summed E-state index contributed by atoms with van der Waals surface area (Å²) >= 11 is 0. The molecule has 1 aromatic rings. The molecule has 1 aliphatic rings. The van der Waals surface area contributed by atoms with E-state index in [1.54, 1.807) is 7.11 Å². The molecule has 2 N–H and O–H groups in total. The van der Waals surface area contributed by atoms with Gasteiger partial charge in [0.1, 0.15) is 5.75 Å². The Kier molecular flexibility index (Phi) is 5.44. The second kappa shape index (κ2) is 7.09. The number of ether oxygens (including phenoxy) is 1. The summed E-state index contributed by atoms with van der Waals surface area (Å²) in [5.41, 5.74) is 1.60. The van der Waals surface area contributed by atoms with Gasteiger partial charge in [-0.15, -0.1) is 0 Å². The number of hydrogen-bond acceptors (Lipinski definition) is 3. The van der Waals surface area contributed by atoms with Crippen molar-refractivity contribution in [2.75, 3.05) is 20.3 Å². The van der Waals surface area contributed by atoms with Crippen molar-refractivity contribution in [3.63, 3.8) is 0 Å². The van der Waals surface area contributed by atoms with Gasteiger partial charge in [0.2, 0.25) is 0 Å². The minimum Gasteiger partial charge on any atom is -0.496 e. The average Bonchev–Trinajstić information content (AvgIpc) is 2.42. The molecule has 1 aliphatic carbocycles. The number of nitrogens with one attached hydrogen (secondary N) is 1. The molecule has 0 saturated heterocycles. The zero-order valence-electron chi connectivity index (χ0n) is 12.7. The summed E-state index contributed by atoms with van der Waals surface area (Å²) in [6.07, 6.45) is 4.81. The van der Waals surface area contributed by atoms with Crippen molar-refractivity contribution in [2.24, 2.45) is 11.3 Å². The monoisotopic (exact) mass is 277 g/mol. The van der Waals surface area contributed by atoms with Gasteiger partial charge >= 0.3 is 0 Å². The molecule has 1 saturated carbocycles. The topological polar surface area (TPSA) is 41.5 Å². The van der Waals surface area contributed by atoms with Gasteiger partial charge in [0.05, 0.1) is 7.11 Å². The van der Waals surface area contributed by atoms with Gasteiger partial charge in [-0.1, -0.05) is 31.5 Å². The van der Waals surface area contributed by atoms with E-state index in [-0.39, 0.29) is 0 Å². The van der Waals surface area contributed by atoms with Crippen LogP contribution in [0.15, 0.2) is 24.3 Å². The van der Waals surface area contributed by atoms with Gasteiger partial charge in [-0.2, -0.15) is 0 Å². The molecule has 1 atom stereocenters. The first-order valence-corrected chi connectivity index (χ1v) is 7.65. The zero-order chi connectivity index (χ0) is 14.4. The van der Waals surface area contributed by atoms with Crippen molar-refractivity contribution in [3.8, 4) is 5.75 Å². The molecule has 0 aliphatic heterocycles. The Morgan fingerprint density at radius 3 is 2.70 bits per heavy atom. The molecule has 0 bridgehead atoms. The molecule has 0 heterocycles. The maximum Gasteiger partial charge on any atom is 0.123 e. The van der Waals surface area contributed by atoms with Crippen LogP contribution in [0.25, 0.3) is 0 Å². The van der Waals surface area contributed by atoms with Crippen LogP contribution in [0.4, 0.5) is 0 Å². The molecular weight excluding hydrogens is 250 g/mol. The summed E-state index contributed by atoms with van der Waals surface area (Å²) in [5.74, 6) is 1.54. The number of benzene rings is 1. The number of methoxy groups -OCH3 is 1. The predicted octanol–water partition coefficient (Wildman–Crippen LogP) is 2.97. The fourth-order valence-electron chi connectivity index (χ4n) is 3.27. The maximum atomic E-state index is 9.15. The van der Waals surface area contributed by atoms with Crippen LogP contribution < -0.4 is 10.1 Å². The van der Waals surface area contributed by atoms with Crippen LogP contribution in [0.1, 0.15) is 38.2 Å². The van der Waals surface area contributed by atoms with E-state index in [0.29, 0.717) is 17.9 Å². The van der Waals surface area contributed by atoms with E-state index in [0.717, 1.165) is 25.3 Å². The number of rotatable bonds is 8. The van der Waals surface area contributed by atoms with Gasteiger partial charge in [0.25, 0.3) is 0 Å². The van der Waals surface area contributed by atoms with Crippen LogP contribution in [0.5, 0.6) is 5.75 Å². The molecule has 1 fully saturated rings. The summed E-state index contributed by atoms with van der Waals surface area (Å²) in [6, 6.07) is 8.16. The van der Waals surface area contributed by atoms with Gasteiger partial charge in [0, 0.05) is 25.3 Å². The highest BCUT2D eigenvalue weighted by Gasteiger charge is 2.40. The Hall–Kier alpha value is -1.06. The van der Waals surface area contributed by atoms with Crippen molar-refractivity contribution in [1.29, 1.82) is 0 Å². The first-order chi connectivity index (χ1) is 9.72. The minimum atomic E-state index is 0.301. The lowest BCUT2D eigenvalue weighted by Gasteiger charge is -2.47. The smallest absolute Gasteiger partial charge is 0.123 e. The van der Waals surface area contributed by atoms with Crippen molar-refractivity contribution in [3.05, 3.63) is 29.8 Å². The second-order valence-electron chi connectivity index (χ2n) is 6.04. The van der Waals surface area contributed by atoms with E-state index >= 15 is 0 Å². The average molecular weight is 277 g/mol. The van der Waals surface area contributed by atoms with E-state index in [1.807, 2.05) is 18.2 Å². The second-order valence-corrected chi connectivity index (χ2v) is 6.04. The maximum absolute atomic E-state index is 9.15. The highest BCUT2D eigenvalue weighted by atomic mass is 16.5. The van der Waals surface area contributed by atoms with Crippen LogP contribution in [0.3, 0.4) is 0 Å². The summed E-state index contributed by atoms with van der Waals surface area (Å²) in [6.45, 7) is 4.46. The third-order valence-electron chi connectivity index (χ3n) is 4.94. The fraction of sp³-hybridized carbons (Fsp3) is 0.647. The summed E-state index contributed by atoms with van der Waals surface area (Å²) in [5, 5.41) is 12.8. The Morgan fingerprint density at radius 2 is 2.10 bits per heavy atom. The number of hydrogen-bond donors (Lipinski definition) is 2. The molecular formula is C17H27NO2. The SMILES string of the molecule is COc1ccccc1CNCC1([C@H](C)CCO)CCC1. The van der Waals surface area contributed by atoms with Crippen molar-refractivity contribution in [1.82, 2.24) is 5.32 Å². The van der Waals surface area contributed by atoms with Crippen LogP contribution in [-0.2, 0) is 6.54 Å². The molecule has 0 spiro atoms. The quantitative estimate of drug-likeness (QED) is 0.767. The van der Waals surface area contributed by atoms with Gasteiger partial charge < -0.3 is 15.2 Å². The Labute approximate surface area is 122 Å². The molecule has 0 amide bonds. The molecule has 0 aromatic heterocycles. The fourth-order valence-corrected chi connectivity index (χ4v) is 3.27. The zero-order valence-corrected chi connectivity index (χ0v) is 12.7. The normalized spacial score (nSPS) is 18.4. The lowest BCUT2D eigenvalue weighted by molar-refractivity contribution is 0.0426. The summed E-state index contributed by atoms with van der Waals surface area (Å²) in [4.78, 5) is 0. The lowest BCUT2D eigenvalue weighted by Crippen LogP contribution is -2.44. The van der Waals surface area contributed by atoms with Crippen LogP contribution in [0.2, 0.25) is 0 Å². The van der Waals surface area contributed by atoms with E-state index in [2.05, 4.69) is 18.3 Å². The molecule has 0 radical (unpaired) electrons. The summed E-state index contributed by atoms with van der Waals surface area (Å²) < 4.78 is 5.38. The standard InChI is InChI=1S/C17H27NO2/c1-14(8-11-19)17(9-5-10-17)13-18-12-15-6-3-4-7-16(15)20-2/h3-4,6-7,14,18-19H,5,8-13H2,1-2H3/t14-/m1/s1.